The summed E-state index contributed by atoms with van der Waals surface area (Å²) in [6.45, 7) is 3.71. The Morgan fingerprint density at radius 2 is 2.27 bits per heavy atom. The molecule has 0 spiro atoms. The smallest absolute Gasteiger partial charge is 0.106 e. The van der Waals surface area contributed by atoms with E-state index in [1.54, 1.807) is 0 Å². The quantitative estimate of drug-likeness (QED) is 0.771. The molecule has 1 aliphatic rings. The molecule has 15 heavy (non-hydrogen) atoms. The van der Waals surface area contributed by atoms with Crippen LogP contribution in [0.1, 0.15) is 23.6 Å². The van der Waals surface area contributed by atoms with E-state index in [0.29, 0.717) is 12.6 Å². The van der Waals surface area contributed by atoms with Crippen LogP contribution in [0, 0.1) is 6.92 Å². The van der Waals surface area contributed by atoms with E-state index in [0.717, 1.165) is 24.5 Å². The van der Waals surface area contributed by atoms with Crippen LogP contribution in [0.2, 0.25) is 0 Å². The molecule has 1 aliphatic heterocycles. The van der Waals surface area contributed by atoms with Crippen molar-refractivity contribution >= 4 is 0 Å². The first-order valence-electron chi connectivity index (χ1n) is 5.55. The molecule has 0 saturated heterocycles. The summed E-state index contributed by atoms with van der Waals surface area (Å²) in [7, 11) is 4.29. The van der Waals surface area contributed by atoms with Crippen LogP contribution in [0.3, 0.4) is 0 Å². The number of aromatic nitrogens is 2. The molecule has 0 amide bonds. The second-order valence-corrected chi connectivity index (χ2v) is 4.52. The number of hydrogen-bond acceptors (Lipinski definition) is 3. The van der Waals surface area contributed by atoms with E-state index in [2.05, 4.69) is 35.5 Å². The fraction of sp³-hybridized carbons (Fsp3) is 0.727. The van der Waals surface area contributed by atoms with Crippen molar-refractivity contribution in [3.8, 4) is 0 Å². The first-order valence-corrected chi connectivity index (χ1v) is 5.55. The van der Waals surface area contributed by atoms with Gasteiger partial charge in [-0.3, -0.25) is 0 Å². The van der Waals surface area contributed by atoms with E-state index in [1.165, 1.54) is 12.1 Å². The van der Waals surface area contributed by atoms with Gasteiger partial charge in [-0.25, -0.2) is 4.98 Å². The summed E-state index contributed by atoms with van der Waals surface area (Å²) in [4.78, 5) is 6.82. The van der Waals surface area contributed by atoms with E-state index in [1.807, 2.05) is 0 Å². The molecule has 1 aromatic rings. The molecule has 2 N–H and O–H groups in total. The van der Waals surface area contributed by atoms with Crippen molar-refractivity contribution in [1.29, 1.82) is 0 Å². The number of nitrogens with two attached hydrogens (primary N) is 1. The molecular weight excluding hydrogens is 188 g/mol. The number of nitrogens with zero attached hydrogens (tertiary/aromatic N) is 3. The molecule has 0 radical (unpaired) electrons. The number of imidazole rings is 1. The van der Waals surface area contributed by atoms with Gasteiger partial charge >= 0.3 is 0 Å². The van der Waals surface area contributed by atoms with Gasteiger partial charge in [-0.2, -0.15) is 0 Å². The Kier molecular flexibility index (Phi) is 2.80. The van der Waals surface area contributed by atoms with Crippen LogP contribution < -0.4 is 5.73 Å². The van der Waals surface area contributed by atoms with Crippen molar-refractivity contribution < 1.29 is 0 Å². The van der Waals surface area contributed by atoms with Crippen LogP contribution in [0.5, 0.6) is 0 Å². The molecule has 1 atom stereocenters. The van der Waals surface area contributed by atoms with E-state index < -0.39 is 0 Å². The number of aryl methyl sites for hydroxylation is 1. The lowest BCUT2D eigenvalue weighted by molar-refractivity contribution is 0.244. The zero-order chi connectivity index (χ0) is 11.0. The van der Waals surface area contributed by atoms with Gasteiger partial charge in [-0.15, -0.1) is 0 Å². The van der Waals surface area contributed by atoms with Crippen LogP contribution >= 0.6 is 0 Å². The van der Waals surface area contributed by atoms with Gasteiger partial charge in [0.2, 0.25) is 0 Å². The van der Waals surface area contributed by atoms with Gasteiger partial charge in [-0.05, 0) is 27.4 Å². The summed E-state index contributed by atoms with van der Waals surface area (Å²) >= 11 is 0. The molecular formula is C11H20N4. The molecule has 0 fully saturated rings. The van der Waals surface area contributed by atoms with Crippen molar-refractivity contribution in [1.82, 2.24) is 14.5 Å². The Morgan fingerprint density at radius 3 is 2.87 bits per heavy atom. The van der Waals surface area contributed by atoms with E-state index >= 15 is 0 Å². The van der Waals surface area contributed by atoms with Crippen LogP contribution in [0.15, 0.2) is 0 Å². The van der Waals surface area contributed by atoms with Gasteiger partial charge in [-0.1, -0.05) is 0 Å². The van der Waals surface area contributed by atoms with Crippen LogP contribution in [0.25, 0.3) is 0 Å². The van der Waals surface area contributed by atoms with Gasteiger partial charge in [0.05, 0.1) is 5.69 Å². The second-order valence-electron chi connectivity index (χ2n) is 4.52. The van der Waals surface area contributed by atoms with Gasteiger partial charge in [0.1, 0.15) is 5.82 Å². The Labute approximate surface area is 91.1 Å². The van der Waals surface area contributed by atoms with Crippen molar-refractivity contribution in [2.45, 2.75) is 38.9 Å². The Morgan fingerprint density at radius 1 is 1.53 bits per heavy atom. The molecule has 4 nitrogen and oxygen atoms in total. The largest absolute Gasteiger partial charge is 0.332 e. The maximum atomic E-state index is 5.72. The molecule has 1 aromatic heterocycles. The molecule has 0 bridgehead atoms. The monoisotopic (exact) mass is 208 g/mol. The SMILES string of the molecule is Cc1nc(CN)c2n1CCC(N(C)C)C2. The zero-order valence-electron chi connectivity index (χ0n) is 9.82. The molecule has 2 heterocycles. The Hall–Kier alpha value is -0.870. The van der Waals surface area contributed by atoms with Crippen molar-refractivity contribution in [2.24, 2.45) is 5.73 Å². The average molecular weight is 208 g/mol. The third-order valence-electron chi connectivity index (χ3n) is 3.38. The molecule has 84 valence electrons. The highest BCUT2D eigenvalue weighted by atomic mass is 15.2. The summed E-state index contributed by atoms with van der Waals surface area (Å²) in [5.74, 6) is 1.11. The summed E-state index contributed by atoms with van der Waals surface area (Å²) in [6, 6.07) is 0.638. The van der Waals surface area contributed by atoms with Crippen molar-refractivity contribution in [3.05, 3.63) is 17.2 Å². The summed E-state index contributed by atoms with van der Waals surface area (Å²) in [6.07, 6.45) is 2.29. The number of rotatable bonds is 2. The Bertz CT molecular complexity index is 354. The first-order chi connectivity index (χ1) is 7.13. The Balaban J connectivity index is 2.31. The van der Waals surface area contributed by atoms with E-state index in [4.69, 9.17) is 5.73 Å². The summed E-state index contributed by atoms with van der Waals surface area (Å²) < 4.78 is 2.32. The fourth-order valence-electron chi connectivity index (χ4n) is 2.40. The molecule has 2 rings (SSSR count). The standard InChI is InChI=1S/C11H20N4/c1-8-13-10(7-12)11-6-9(14(2)3)4-5-15(8)11/h9H,4-7,12H2,1-3H3. The molecule has 0 aliphatic carbocycles. The topological polar surface area (TPSA) is 47.1 Å². The minimum atomic E-state index is 0.559. The number of hydrogen-bond donors (Lipinski definition) is 1. The van der Waals surface area contributed by atoms with Gasteiger partial charge < -0.3 is 15.2 Å². The van der Waals surface area contributed by atoms with Crippen molar-refractivity contribution in [3.63, 3.8) is 0 Å². The van der Waals surface area contributed by atoms with Crippen LogP contribution in [0.4, 0.5) is 0 Å². The fourth-order valence-corrected chi connectivity index (χ4v) is 2.40. The maximum Gasteiger partial charge on any atom is 0.106 e. The van der Waals surface area contributed by atoms with E-state index in [9.17, 15) is 0 Å². The highest BCUT2D eigenvalue weighted by Gasteiger charge is 2.24. The molecule has 0 saturated carbocycles. The first kappa shape index (κ1) is 10.6. The zero-order valence-corrected chi connectivity index (χ0v) is 9.82. The van der Waals surface area contributed by atoms with Crippen LogP contribution in [-0.2, 0) is 19.5 Å². The van der Waals surface area contributed by atoms with Crippen molar-refractivity contribution in [2.75, 3.05) is 14.1 Å². The number of likely N-dealkylation sites (N-methyl/N-ethyl adjacent to an activating group) is 1. The maximum absolute atomic E-state index is 5.72. The normalized spacial score (nSPS) is 20.7. The predicted molar refractivity (Wildman–Crippen MR) is 60.7 cm³/mol. The predicted octanol–water partition coefficient (Wildman–Crippen LogP) is 0.527. The van der Waals surface area contributed by atoms with Crippen LogP contribution in [-0.4, -0.2) is 34.6 Å². The van der Waals surface area contributed by atoms with Gasteiger partial charge in [0.25, 0.3) is 0 Å². The lowest BCUT2D eigenvalue weighted by Crippen LogP contribution is -2.36. The second kappa shape index (κ2) is 3.94. The molecule has 4 heteroatoms. The van der Waals surface area contributed by atoms with Gasteiger partial charge in [0.15, 0.2) is 0 Å². The van der Waals surface area contributed by atoms with Gasteiger partial charge in [0, 0.05) is 31.2 Å². The molecule has 1 unspecified atom stereocenters. The minimum Gasteiger partial charge on any atom is -0.332 e. The third-order valence-corrected chi connectivity index (χ3v) is 3.38. The highest BCUT2D eigenvalue weighted by molar-refractivity contribution is 5.20. The average Bonchev–Trinajstić information content (AvgIpc) is 2.55. The number of fused-ring (bicyclic) bond motifs is 1. The highest BCUT2D eigenvalue weighted by Crippen LogP contribution is 2.22. The lowest BCUT2D eigenvalue weighted by Gasteiger charge is -2.30. The van der Waals surface area contributed by atoms with E-state index in [-0.39, 0.29) is 0 Å². The lowest BCUT2D eigenvalue weighted by atomic mass is 10.0. The summed E-state index contributed by atoms with van der Waals surface area (Å²) in [5.41, 5.74) is 8.15. The summed E-state index contributed by atoms with van der Waals surface area (Å²) in [5, 5.41) is 0. The molecule has 0 aromatic carbocycles. The minimum absolute atomic E-state index is 0.559. The third kappa shape index (κ3) is 1.79.